The Balaban J connectivity index is 2.29. The van der Waals surface area contributed by atoms with Crippen molar-refractivity contribution in [2.45, 2.75) is 23.1 Å². The fourth-order valence-corrected chi connectivity index (χ4v) is 3.23. The second-order valence-electron chi connectivity index (χ2n) is 3.61. The van der Waals surface area contributed by atoms with Gasteiger partial charge in [0, 0.05) is 27.7 Å². The summed E-state index contributed by atoms with van der Waals surface area (Å²) in [4.78, 5) is 5.10. The molecule has 0 aliphatic heterocycles. The van der Waals surface area contributed by atoms with Crippen LogP contribution < -0.4 is 10.5 Å². The molecule has 0 fully saturated rings. The van der Waals surface area contributed by atoms with E-state index in [4.69, 9.17) is 10.5 Å². The number of nitrogens with zero attached hydrogens (tertiary/aromatic N) is 1. The Labute approximate surface area is 113 Å². The summed E-state index contributed by atoms with van der Waals surface area (Å²) in [6, 6.07) is 2.91. The van der Waals surface area contributed by atoms with E-state index in [0.29, 0.717) is 12.3 Å². The van der Waals surface area contributed by atoms with E-state index in [9.17, 15) is 4.39 Å². The summed E-state index contributed by atoms with van der Waals surface area (Å²) in [6.07, 6.45) is 0. The van der Waals surface area contributed by atoms with E-state index in [1.807, 2.05) is 19.2 Å². The molecular weight excluding hydrogens is 271 g/mol. The maximum absolute atomic E-state index is 13.5. The van der Waals surface area contributed by atoms with Crippen LogP contribution in [0.2, 0.25) is 0 Å². The third-order valence-corrected chi connectivity index (χ3v) is 4.29. The van der Waals surface area contributed by atoms with Gasteiger partial charge in [0.15, 0.2) is 15.9 Å². The zero-order chi connectivity index (χ0) is 13.1. The maximum Gasteiger partial charge on any atom is 0.167 e. The summed E-state index contributed by atoms with van der Waals surface area (Å²) in [5, 5.41) is 1.96. The second-order valence-corrected chi connectivity index (χ2v) is 5.76. The van der Waals surface area contributed by atoms with Gasteiger partial charge in [-0.05, 0) is 19.9 Å². The normalized spacial score (nSPS) is 10.6. The average Bonchev–Trinajstić information content (AvgIpc) is 2.71. The van der Waals surface area contributed by atoms with Crippen LogP contribution >= 0.6 is 23.1 Å². The minimum atomic E-state index is -0.436. The highest BCUT2D eigenvalue weighted by molar-refractivity contribution is 8.01. The van der Waals surface area contributed by atoms with Gasteiger partial charge in [0.2, 0.25) is 0 Å². The maximum atomic E-state index is 13.5. The molecule has 2 N–H and O–H groups in total. The number of nitrogens with two attached hydrogens (primary N) is 1. The van der Waals surface area contributed by atoms with Crippen LogP contribution in [-0.4, -0.2) is 11.6 Å². The first-order valence-corrected chi connectivity index (χ1v) is 7.11. The SMILES string of the molecule is CCOc1cc(Sc2nc(C)cs2)c(N)cc1F. The highest BCUT2D eigenvalue weighted by atomic mass is 32.2. The van der Waals surface area contributed by atoms with Crippen molar-refractivity contribution in [1.29, 1.82) is 0 Å². The van der Waals surface area contributed by atoms with Crippen molar-refractivity contribution in [3.63, 3.8) is 0 Å². The fraction of sp³-hybridized carbons (Fsp3) is 0.250. The highest BCUT2D eigenvalue weighted by Crippen LogP contribution is 2.37. The largest absolute Gasteiger partial charge is 0.491 e. The van der Waals surface area contributed by atoms with Crippen LogP contribution in [0.3, 0.4) is 0 Å². The summed E-state index contributed by atoms with van der Waals surface area (Å²) in [5.74, 6) is -0.212. The van der Waals surface area contributed by atoms with Gasteiger partial charge in [-0.1, -0.05) is 11.8 Å². The van der Waals surface area contributed by atoms with Gasteiger partial charge in [0.1, 0.15) is 0 Å². The van der Waals surface area contributed by atoms with Crippen molar-refractivity contribution < 1.29 is 9.13 Å². The van der Waals surface area contributed by atoms with Crippen LogP contribution in [0.5, 0.6) is 5.75 Å². The Bertz CT molecular complexity index is 557. The van der Waals surface area contributed by atoms with Gasteiger partial charge in [0.25, 0.3) is 0 Å². The Morgan fingerprint density at radius 1 is 1.50 bits per heavy atom. The number of halogens is 1. The molecule has 0 bridgehead atoms. The summed E-state index contributed by atoms with van der Waals surface area (Å²) in [7, 11) is 0. The summed E-state index contributed by atoms with van der Waals surface area (Å²) in [5.41, 5.74) is 7.16. The van der Waals surface area contributed by atoms with E-state index in [-0.39, 0.29) is 5.75 Å². The van der Waals surface area contributed by atoms with Gasteiger partial charge >= 0.3 is 0 Å². The van der Waals surface area contributed by atoms with Gasteiger partial charge in [0.05, 0.1) is 6.61 Å². The Hall–Kier alpha value is -1.27. The molecule has 3 nitrogen and oxygen atoms in total. The molecule has 96 valence electrons. The smallest absolute Gasteiger partial charge is 0.167 e. The van der Waals surface area contributed by atoms with Crippen LogP contribution in [-0.2, 0) is 0 Å². The average molecular weight is 284 g/mol. The molecule has 0 saturated carbocycles. The lowest BCUT2D eigenvalue weighted by Crippen LogP contribution is -1.97. The topological polar surface area (TPSA) is 48.1 Å². The van der Waals surface area contributed by atoms with Crippen molar-refractivity contribution >= 4 is 28.8 Å². The quantitative estimate of drug-likeness (QED) is 0.869. The third kappa shape index (κ3) is 2.94. The van der Waals surface area contributed by atoms with Gasteiger partial charge in [-0.3, -0.25) is 0 Å². The van der Waals surface area contributed by atoms with Gasteiger partial charge in [-0.2, -0.15) is 0 Å². The molecule has 6 heteroatoms. The monoisotopic (exact) mass is 284 g/mol. The molecular formula is C12H13FN2OS2. The lowest BCUT2D eigenvalue weighted by atomic mass is 10.3. The Morgan fingerprint density at radius 2 is 2.28 bits per heavy atom. The van der Waals surface area contributed by atoms with Gasteiger partial charge in [-0.15, -0.1) is 11.3 Å². The minimum absolute atomic E-state index is 0.225. The number of aryl methyl sites for hydroxylation is 1. The number of anilines is 1. The summed E-state index contributed by atoms with van der Waals surface area (Å²) in [6.45, 7) is 4.16. The van der Waals surface area contributed by atoms with E-state index in [1.165, 1.54) is 29.2 Å². The predicted molar refractivity (Wildman–Crippen MR) is 73.0 cm³/mol. The van der Waals surface area contributed by atoms with E-state index >= 15 is 0 Å². The van der Waals surface area contributed by atoms with Crippen LogP contribution in [0.25, 0.3) is 0 Å². The Morgan fingerprint density at radius 3 is 2.89 bits per heavy atom. The lowest BCUT2D eigenvalue weighted by molar-refractivity contribution is 0.321. The van der Waals surface area contributed by atoms with E-state index in [0.717, 1.165) is 14.9 Å². The first-order chi connectivity index (χ1) is 8.60. The second kappa shape index (κ2) is 5.58. The molecule has 0 atom stereocenters. The van der Waals surface area contributed by atoms with E-state index < -0.39 is 5.82 Å². The van der Waals surface area contributed by atoms with Crippen molar-refractivity contribution in [3.05, 3.63) is 29.0 Å². The van der Waals surface area contributed by atoms with Crippen molar-refractivity contribution in [3.8, 4) is 5.75 Å². The molecule has 1 aromatic carbocycles. The van der Waals surface area contributed by atoms with Crippen LogP contribution in [0.15, 0.2) is 26.7 Å². The summed E-state index contributed by atoms with van der Waals surface area (Å²) >= 11 is 2.96. The lowest BCUT2D eigenvalue weighted by Gasteiger charge is -2.09. The molecule has 0 radical (unpaired) electrons. The Kier molecular flexibility index (Phi) is 4.08. The number of rotatable bonds is 4. The molecule has 18 heavy (non-hydrogen) atoms. The molecule has 0 aliphatic rings. The third-order valence-electron chi connectivity index (χ3n) is 2.16. The number of hydrogen-bond acceptors (Lipinski definition) is 5. The van der Waals surface area contributed by atoms with Crippen molar-refractivity contribution in [1.82, 2.24) is 4.98 Å². The van der Waals surface area contributed by atoms with E-state index in [1.54, 1.807) is 6.07 Å². The number of nitrogen functional groups attached to an aromatic ring is 1. The number of thiazole rings is 1. The standard InChI is InChI=1S/C12H13FN2OS2/c1-3-16-10-5-11(9(14)4-8(10)13)18-12-15-7(2)6-17-12/h4-6H,3,14H2,1-2H3. The number of ether oxygens (including phenoxy) is 1. The molecule has 0 spiro atoms. The molecule has 0 aliphatic carbocycles. The first-order valence-electron chi connectivity index (χ1n) is 5.42. The molecule has 0 amide bonds. The number of benzene rings is 1. The molecule has 0 saturated heterocycles. The van der Waals surface area contributed by atoms with Crippen LogP contribution in [0, 0.1) is 12.7 Å². The minimum Gasteiger partial charge on any atom is -0.491 e. The zero-order valence-electron chi connectivity index (χ0n) is 10.1. The predicted octanol–water partition coefficient (Wildman–Crippen LogP) is 3.72. The zero-order valence-corrected chi connectivity index (χ0v) is 11.7. The van der Waals surface area contributed by atoms with Gasteiger partial charge < -0.3 is 10.5 Å². The van der Waals surface area contributed by atoms with Crippen LogP contribution in [0.4, 0.5) is 10.1 Å². The molecule has 1 aromatic heterocycles. The first kappa shape index (κ1) is 13.2. The highest BCUT2D eigenvalue weighted by Gasteiger charge is 2.11. The van der Waals surface area contributed by atoms with Crippen LogP contribution in [0.1, 0.15) is 12.6 Å². The van der Waals surface area contributed by atoms with Crippen molar-refractivity contribution in [2.75, 3.05) is 12.3 Å². The molecule has 1 heterocycles. The molecule has 2 rings (SSSR count). The van der Waals surface area contributed by atoms with Gasteiger partial charge in [-0.25, -0.2) is 9.37 Å². The number of aromatic nitrogens is 1. The summed E-state index contributed by atoms with van der Waals surface area (Å²) < 4.78 is 19.6. The molecule has 2 aromatic rings. The molecule has 0 unspecified atom stereocenters. The van der Waals surface area contributed by atoms with Crippen molar-refractivity contribution in [2.24, 2.45) is 0 Å². The van der Waals surface area contributed by atoms with E-state index in [2.05, 4.69) is 4.98 Å². The number of hydrogen-bond donors (Lipinski definition) is 1. The fourth-order valence-electron chi connectivity index (χ4n) is 1.38.